The van der Waals surface area contributed by atoms with Crippen LogP contribution < -0.4 is 0 Å². The lowest BCUT2D eigenvalue weighted by Gasteiger charge is -1.87. The lowest BCUT2D eigenvalue weighted by molar-refractivity contribution is -0.132. The maximum atomic E-state index is 10.1. The summed E-state index contributed by atoms with van der Waals surface area (Å²) in [5.41, 5.74) is 2.69. The van der Waals surface area contributed by atoms with Crippen molar-refractivity contribution < 1.29 is 29.7 Å². The zero-order chi connectivity index (χ0) is 24.3. The second-order valence-corrected chi connectivity index (χ2v) is 6.25. The Morgan fingerprint density at radius 2 is 0.647 bits per heavy atom. The predicted molar refractivity (Wildman–Crippen MR) is 140 cm³/mol. The van der Waals surface area contributed by atoms with Gasteiger partial charge in [-0.1, -0.05) is 91.0 Å². The number of carboxylic acid groups (broad SMARTS) is 3. The number of benzene rings is 3. The highest BCUT2D eigenvalue weighted by Crippen LogP contribution is 2.01. The van der Waals surface area contributed by atoms with Gasteiger partial charge in [0.2, 0.25) is 0 Å². The van der Waals surface area contributed by atoms with Gasteiger partial charge in [0.1, 0.15) is 0 Å². The Kier molecular flexibility index (Phi) is 16.0. The molecule has 176 valence electrons. The fourth-order valence-corrected chi connectivity index (χ4v) is 2.19. The molecule has 1 atom stereocenters. The fourth-order valence-electron chi connectivity index (χ4n) is 2.19. The third-order valence-electron chi connectivity index (χ3n) is 3.65. The lowest BCUT2D eigenvalue weighted by atomic mass is 10.2. The monoisotopic (exact) mass is 478 g/mol. The van der Waals surface area contributed by atoms with Gasteiger partial charge in [-0.15, -0.1) is 0 Å². The quantitative estimate of drug-likeness (QED) is 0.323. The van der Waals surface area contributed by atoms with Crippen LogP contribution >= 0.6 is 9.90 Å². The third-order valence-corrected chi connectivity index (χ3v) is 3.65. The number of carboxylic acids is 3. The molecule has 34 heavy (non-hydrogen) atoms. The lowest BCUT2D eigenvalue weighted by Crippen LogP contribution is -1.85. The first kappa shape index (κ1) is 29.7. The van der Waals surface area contributed by atoms with Gasteiger partial charge in [0, 0.05) is 18.2 Å². The highest BCUT2D eigenvalue weighted by molar-refractivity contribution is 6.92. The average Bonchev–Trinajstić information content (AvgIpc) is 2.83. The molecular formula is C27H27O6P. The van der Waals surface area contributed by atoms with E-state index in [1.807, 2.05) is 91.0 Å². The molecule has 0 amide bonds. The van der Waals surface area contributed by atoms with E-state index >= 15 is 0 Å². The van der Waals surface area contributed by atoms with Crippen LogP contribution in [-0.4, -0.2) is 33.2 Å². The molecule has 0 saturated carbocycles. The van der Waals surface area contributed by atoms with Gasteiger partial charge in [-0.05, 0) is 34.9 Å². The molecule has 7 heteroatoms. The molecular weight excluding hydrogens is 451 g/mol. The number of rotatable bonds is 6. The van der Waals surface area contributed by atoms with Gasteiger partial charge in [-0.2, -0.15) is 9.90 Å². The minimum absolute atomic E-state index is 0. The Labute approximate surface area is 201 Å². The maximum Gasteiger partial charge on any atom is 0.328 e. The molecule has 0 bridgehead atoms. The Morgan fingerprint density at radius 1 is 0.441 bits per heavy atom. The Morgan fingerprint density at radius 3 is 0.824 bits per heavy atom. The van der Waals surface area contributed by atoms with E-state index in [9.17, 15) is 14.4 Å². The van der Waals surface area contributed by atoms with Crippen molar-refractivity contribution in [2.24, 2.45) is 0 Å². The van der Waals surface area contributed by atoms with E-state index in [1.54, 1.807) is 18.2 Å². The molecule has 0 aliphatic rings. The molecule has 3 aromatic rings. The van der Waals surface area contributed by atoms with E-state index in [2.05, 4.69) is 0 Å². The van der Waals surface area contributed by atoms with Crippen molar-refractivity contribution in [3.63, 3.8) is 0 Å². The molecule has 0 spiro atoms. The van der Waals surface area contributed by atoms with Gasteiger partial charge in [0.25, 0.3) is 0 Å². The van der Waals surface area contributed by atoms with E-state index in [0.717, 1.165) is 34.9 Å². The molecule has 0 heterocycles. The van der Waals surface area contributed by atoms with Crippen molar-refractivity contribution in [2.75, 3.05) is 0 Å². The third kappa shape index (κ3) is 16.4. The molecule has 0 aromatic heterocycles. The summed E-state index contributed by atoms with van der Waals surface area (Å²) in [6.45, 7) is 0. The van der Waals surface area contributed by atoms with Crippen LogP contribution in [0.15, 0.2) is 109 Å². The second kappa shape index (κ2) is 18.3. The number of aliphatic carboxylic acids is 3. The van der Waals surface area contributed by atoms with E-state index in [1.165, 1.54) is 0 Å². The SMILES string of the molecule is O=C(O)C=Cc1ccccc1.O=C(O)C=Cc1ccccc1.O=C(O)C=Cc1ccccc1.P. The number of hydrogen-bond acceptors (Lipinski definition) is 3. The van der Waals surface area contributed by atoms with Gasteiger partial charge in [-0.25, -0.2) is 14.4 Å². The maximum absolute atomic E-state index is 10.1. The summed E-state index contributed by atoms with van der Waals surface area (Å²) in [4.78, 5) is 30.3. The van der Waals surface area contributed by atoms with Crippen LogP contribution in [-0.2, 0) is 14.4 Å². The molecule has 0 radical (unpaired) electrons. The Hall–Kier alpha value is -4.28. The second-order valence-electron chi connectivity index (χ2n) is 6.25. The van der Waals surface area contributed by atoms with Gasteiger partial charge in [0.15, 0.2) is 0 Å². The van der Waals surface area contributed by atoms with Crippen LogP contribution in [0.2, 0.25) is 0 Å². The molecule has 0 aliphatic carbocycles. The van der Waals surface area contributed by atoms with Crippen molar-refractivity contribution >= 4 is 46.0 Å². The van der Waals surface area contributed by atoms with Crippen molar-refractivity contribution in [1.82, 2.24) is 0 Å². The zero-order valence-electron chi connectivity index (χ0n) is 18.4. The van der Waals surface area contributed by atoms with Gasteiger partial charge in [0.05, 0.1) is 0 Å². The highest BCUT2D eigenvalue weighted by atomic mass is 31.0. The summed E-state index contributed by atoms with van der Waals surface area (Å²) in [6.07, 6.45) is 8.03. The molecule has 6 nitrogen and oxygen atoms in total. The van der Waals surface area contributed by atoms with Crippen molar-refractivity contribution in [1.29, 1.82) is 0 Å². The van der Waals surface area contributed by atoms with Crippen LogP contribution in [0.5, 0.6) is 0 Å². The zero-order valence-corrected chi connectivity index (χ0v) is 19.8. The molecule has 0 saturated heterocycles. The molecule has 0 fully saturated rings. The van der Waals surface area contributed by atoms with Gasteiger partial charge >= 0.3 is 17.9 Å². The summed E-state index contributed by atoms with van der Waals surface area (Å²) in [7, 11) is 0. The van der Waals surface area contributed by atoms with Crippen molar-refractivity contribution in [3.8, 4) is 0 Å². The van der Waals surface area contributed by atoms with E-state index in [0.29, 0.717) is 0 Å². The first-order valence-corrected chi connectivity index (χ1v) is 9.75. The summed E-state index contributed by atoms with van der Waals surface area (Å²) in [5.74, 6) is -2.77. The van der Waals surface area contributed by atoms with Crippen LogP contribution in [0.1, 0.15) is 16.7 Å². The van der Waals surface area contributed by atoms with Gasteiger partial charge in [-0.3, -0.25) is 0 Å². The summed E-state index contributed by atoms with van der Waals surface area (Å²) >= 11 is 0. The molecule has 0 aliphatic heterocycles. The van der Waals surface area contributed by atoms with Crippen LogP contribution in [0, 0.1) is 0 Å². The standard InChI is InChI=1S/3C9H8O2.H3P/c3*10-9(11)7-6-8-4-2-1-3-5-8;/h3*1-7H,(H,10,11);1H3. The molecule has 3 rings (SSSR count). The predicted octanol–water partition coefficient (Wildman–Crippen LogP) is 5.41. The Bertz CT molecular complexity index is 934. The Balaban J connectivity index is 0.000000473. The van der Waals surface area contributed by atoms with Crippen molar-refractivity contribution in [2.45, 2.75) is 0 Å². The largest absolute Gasteiger partial charge is 0.478 e. The average molecular weight is 478 g/mol. The highest BCUT2D eigenvalue weighted by Gasteiger charge is 1.87. The summed E-state index contributed by atoms with van der Waals surface area (Å²) in [5, 5.41) is 24.9. The first-order valence-electron chi connectivity index (χ1n) is 9.75. The van der Waals surface area contributed by atoms with E-state index in [-0.39, 0.29) is 9.90 Å². The van der Waals surface area contributed by atoms with E-state index < -0.39 is 17.9 Å². The first-order chi connectivity index (χ1) is 15.9. The molecule has 1 unspecified atom stereocenters. The van der Waals surface area contributed by atoms with E-state index in [4.69, 9.17) is 15.3 Å². The van der Waals surface area contributed by atoms with Crippen molar-refractivity contribution in [3.05, 3.63) is 126 Å². The summed E-state index contributed by atoms with van der Waals surface area (Å²) in [6, 6.07) is 27.9. The molecule has 3 aromatic carbocycles. The van der Waals surface area contributed by atoms with Crippen LogP contribution in [0.4, 0.5) is 0 Å². The fraction of sp³-hybridized carbons (Fsp3) is 0. The van der Waals surface area contributed by atoms with Gasteiger partial charge < -0.3 is 15.3 Å². The summed E-state index contributed by atoms with van der Waals surface area (Å²) < 4.78 is 0. The van der Waals surface area contributed by atoms with Crippen LogP contribution in [0.3, 0.4) is 0 Å². The molecule has 3 N–H and O–H groups in total. The smallest absolute Gasteiger partial charge is 0.328 e. The topological polar surface area (TPSA) is 112 Å². The normalized spacial score (nSPS) is 9.88. The minimum Gasteiger partial charge on any atom is -0.478 e. The number of hydrogen-bond donors (Lipinski definition) is 3. The van der Waals surface area contributed by atoms with Crippen LogP contribution in [0.25, 0.3) is 18.2 Å². The number of carbonyl (C=O) groups is 3. The minimum atomic E-state index is -0.922.